The van der Waals surface area contributed by atoms with E-state index in [0.29, 0.717) is 11.7 Å². The molecule has 5 heteroatoms. The van der Waals surface area contributed by atoms with Crippen LogP contribution in [0.4, 0.5) is 5.69 Å². The van der Waals surface area contributed by atoms with Crippen molar-refractivity contribution < 1.29 is 4.74 Å². The van der Waals surface area contributed by atoms with Crippen LogP contribution in [0.2, 0.25) is 5.02 Å². The highest BCUT2D eigenvalue weighted by molar-refractivity contribution is 7.80. The first-order valence-electron chi connectivity index (χ1n) is 9.77. The van der Waals surface area contributed by atoms with E-state index in [9.17, 15) is 0 Å². The van der Waals surface area contributed by atoms with E-state index in [1.165, 1.54) is 18.4 Å². The van der Waals surface area contributed by atoms with Crippen molar-refractivity contribution in [3.8, 4) is 5.75 Å². The van der Waals surface area contributed by atoms with Crippen LogP contribution in [0.15, 0.2) is 61.2 Å². The number of hydrogen-bond donors (Lipinski definition) is 2. The van der Waals surface area contributed by atoms with Crippen LogP contribution in [0.3, 0.4) is 0 Å². The third-order valence-corrected chi connectivity index (χ3v) is 5.80. The van der Waals surface area contributed by atoms with Gasteiger partial charge in [-0.1, -0.05) is 61.4 Å². The fourth-order valence-electron chi connectivity index (χ4n) is 3.79. The number of benzene rings is 2. The van der Waals surface area contributed by atoms with Crippen molar-refractivity contribution in [2.75, 3.05) is 11.9 Å². The Labute approximate surface area is 178 Å². The summed E-state index contributed by atoms with van der Waals surface area (Å²) in [6.07, 6.45) is 8.39. The first-order chi connectivity index (χ1) is 13.6. The molecule has 0 aliphatic heterocycles. The van der Waals surface area contributed by atoms with Gasteiger partial charge < -0.3 is 15.4 Å². The summed E-state index contributed by atoms with van der Waals surface area (Å²) in [5.74, 6) is 0.794. The molecule has 2 aromatic carbocycles. The predicted molar refractivity (Wildman–Crippen MR) is 122 cm³/mol. The van der Waals surface area contributed by atoms with Crippen molar-refractivity contribution in [3.05, 3.63) is 71.8 Å². The standard InChI is InChI=1S/C23H27ClN2OS/c1-2-16-27-20-10-7-9-19(17-20)25-22(28)26-23(13-5-6-14-23)15-12-18-8-3-4-11-21(18)24/h2-4,7-11,17H,1,5-6,12-16H2,(H2,25,26,28). The predicted octanol–water partition coefficient (Wildman–Crippen LogP) is 6.14. The van der Waals surface area contributed by atoms with Crippen molar-refractivity contribution in [2.45, 2.75) is 44.1 Å². The monoisotopic (exact) mass is 414 g/mol. The van der Waals surface area contributed by atoms with Crippen LogP contribution in [0.25, 0.3) is 0 Å². The Kier molecular flexibility index (Phi) is 7.35. The van der Waals surface area contributed by atoms with E-state index < -0.39 is 0 Å². The van der Waals surface area contributed by atoms with Gasteiger partial charge in [0.15, 0.2) is 5.11 Å². The molecule has 0 atom stereocenters. The van der Waals surface area contributed by atoms with Crippen molar-refractivity contribution in [3.63, 3.8) is 0 Å². The average molecular weight is 415 g/mol. The average Bonchev–Trinajstić information content (AvgIpc) is 3.14. The van der Waals surface area contributed by atoms with Gasteiger partial charge in [0.1, 0.15) is 12.4 Å². The molecule has 0 aromatic heterocycles. The fraction of sp³-hybridized carbons (Fsp3) is 0.348. The van der Waals surface area contributed by atoms with E-state index >= 15 is 0 Å². The second-order valence-corrected chi connectivity index (χ2v) is 8.10. The molecular weight excluding hydrogens is 388 g/mol. The van der Waals surface area contributed by atoms with E-state index in [1.807, 2.05) is 42.5 Å². The number of ether oxygens (including phenoxy) is 1. The highest BCUT2D eigenvalue weighted by Gasteiger charge is 2.34. The van der Waals surface area contributed by atoms with E-state index in [4.69, 9.17) is 28.6 Å². The van der Waals surface area contributed by atoms with Gasteiger partial charge in [-0.3, -0.25) is 0 Å². The Hall–Kier alpha value is -2.04. The lowest BCUT2D eigenvalue weighted by atomic mass is 9.89. The minimum absolute atomic E-state index is 0.0280. The minimum atomic E-state index is 0.0280. The normalized spacial score (nSPS) is 15.0. The third-order valence-electron chi connectivity index (χ3n) is 5.23. The van der Waals surface area contributed by atoms with Gasteiger partial charge in [0.25, 0.3) is 0 Å². The molecule has 0 unspecified atom stereocenters. The number of anilines is 1. The van der Waals surface area contributed by atoms with Crippen LogP contribution in [0.5, 0.6) is 5.75 Å². The SMILES string of the molecule is C=CCOc1cccc(NC(=S)NC2(CCc3ccccc3Cl)CCCC2)c1. The number of thiocarbonyl (C=S) groups is 1. The topological polar surface area (TPSA) is 33.3 Å². The molecule has 0 amide bonds. The van der Waals surface area contributed by atoms with E-state index in [2.05, 4.69) is 23.3 Å². The van der Waals surface area contributed by atoms with Gasteiger partial charge in [-0.25, -0.2) is 0 Å². The second-order valence-electron chi connectivity index (χ2n) is 7.29. The van der Waals surface area contributed by atoms with Gasteiger partial charge in [-0.2, -0.15) is 0 Å². The summed E-state index contributed by atoms with van der Waals surface area (Å²) in [5.41, 5.74) is 2.14. The summed E-state index contributed by atoms with van der Waals surface area (Å²) in [4.78, 5) is 0. The first kappa shape index (κ1) is 20.7. The molecule has 1 aliphatic rings. The molecule has 28 heavy (non-hydrogen) atoms. The molecule has 1 saturated carbocycles. The molecule has 1 fully saturated rings. The number of aryl methyl sites for hydroxylation is 1. The Morgan fingerprint density at radius 1 is 1.18 bits per heavy atom. The first-order valence-corrected chi connectivity index (χ1v) is 10.6. The summed E-state index contributed by atoms with van der Waals surface area (Å²) in [6, 6.07) is 15.9. The molecule has 0 spiro atoms. The smallest absolute Gasteiger partial charge is 0.171 e. The summed E-state index contributed by atoms with van der Waals surface area (Å²) in [7, 11) is 0. The molecule has 148 valence electrons. The van der Waals surface area contributed by atoms with Crippen molar-refractivity contribution >= 4 is 34.6 Å². The molecule has 2 N–H and O–H groups in total. The van der Waals surface area contributed by atoms with E-state index in [0.717, 1.165) is 42.1 Å². The summed E-state index contributed by atoms with van der Waals surface area (Å²) in [6.45, 7) is 4.16. The van der Waals surface area contributed by atoms with Crippen molar-refractivity contribution in [1.82, 2.24) is 5.32 Å². The summed E-state index contributed by atoms with van der Waals surface area (Å²) < 4.78 is 5.60. The maximum atomic E-state index is 6.34. The second kappa shape index (κ2) is 9.94. The molecule has 3 rings (SSSR count). The van der Waals surface area contributed by atoms with Crippen molar-refractivity contribution in [1.29, 1.82) is 0 Å². The van der Waals surface area contributed by atoms with Gasteiger partial charge in [0.2, 0.25) is 0 Å². The Morgan fingerprint density at radius 3 is 2.71 bits per heavy atom. The number of rotatable bonds is 8. The third kappa shape index (κ3) is 5.73. The van der Waals surface area contributed by atoms with Crippen LogP contribution < -0.4 is 15.4 Å². The van der Waals surface area contributed by atoms with Crippen molar-refractivity contribution in [2.24, 2.45) is 0 Å². The lowest BCUT2D eigenvalue weighted by molar-refractivity contribution is 0.362. The zero-order valence-electron chi connectivity index (χ0n) is 16.0. The molecule has 1 aliphatic carbocycles. The summed E-state index contributed by atoms with van der Waals surface area (Å²) >= 11 is 12.0. The zero-order valence-corrected chi connectivity index (χ0v) is 17.6. The number of hydrogen-bond acceptors (Lipinski definition) is 2. The Bertz CT molecular complexity index is 818. The van der Waals surface area contributed by atoms with Gasteiger partial charge in [-0.15, -0.1) is 0 Å². The van der Waals surface area contributed by atoms with Crippen LogP contribution in [0, 0.1) is 0 Å². The fourth-order valence-corrected chi connectivity index (χ4v) is 4.35. The maximum absolute atomic E-state index is 6.34. The molecule has 0 saturated heterocycles. The Balaban J connectivity index is 1.61. The zero-order chi connectivity index (χ0) is 19.8. The Morgan fingerprint density at radius 2 is 1.96 bits per heavy atom. The van der Waals surface area contributed by atoms with Gasteiger partial charge in [-0.05, 0) is 61.7 Å². The van der Waals surface area contributed by atoms with Crippen LogP contribution in [-0.2, 0) is 6.42 Å². The van der Waals surface area contributed by atoms with Gasteiger partial charge >= 0.3 is 0 Å². The minimum Gasteiger partial charge on any atom is -0.489 e. The maximum Gasteiger partial charge on any atom is 0.171 e. The van der Waals surface area contributed by atoms with Crippen LogP contribution >= 0.6 is 23.8 Å². The molecule has 0 bridgehead atoms. The largest absolute Gasteiger partial charge is 0.489 e. The van der Waals surface area contributed by atoms with E-state index in [-0.39, 0.29) is 5.54 Å². The highest BCUT2D eigenvalue weighted by atomic mass is 35.5. The van der Waals surface area contributed by atoms with E-state index in [1.54, 1.807) is 6.08 Å². The molecule has 2 aromatic rings. The molecular formula is C23H27ClN2OS. The van der Waals surface area contributed by atoms with Gasteiger partial charge in [0.05, 0.1) is 0 Å². The molecule has 0 radical (unpaired) electrons. The molecule has 0 heterocycles. The van der Waals surface area contributed by atoms with Crippen LogP contribution in [0.1, 0.15) is 37.7 Å². The lowest BCUT2D eigenvalue weighted by Gasteiger charge is -2.32. The quantitative estimate of drug-likeness (QED) is 0.401. The number of nitrogens with one attached hydrogen (secondary N) is 2. The number of halogens is 1. The van der Waals surface area contributed by atoms with Gasteiger partial charge in [0, 0.05) is 22.3 Å². The highest BCUT2D eigenvalue weighted by Crippen LogP contribution is 2.34. The molecule has 3 nitrogen and oxygen atoms in total. The lowest BCUT2D eigenvalue weighted by Crippen LogP contribution is -2.48. The summed E-state index contributed by atoms with van der Waals surface area (Å²) in [5, 5.41) is 8.42. The van der Waals surface area contributed by atoms with Crippen LogP contribution in [-0.4, -0.2) is 17.3 Å².